The van der Waals surface area contributed by atoms with Gasteiger partial charge in [-0.25, -0.2) is 4.98 Å². The smallest absolute Gasteiger partial charge is 0.226 e. The molecule has 0 unspecified atom stereocenters. The Morgan fingerprint density at radius 2 is 1.31 bits per heavy atom. The van der Waals surface area contributed by atoms with Gasteiger partial charge in [0.2, 0.25) is 5.28 Å². The molecule has 0 aliphatic carbocycles. The Morgan fingerprint density at radius 3 is 2.14 bits per heavy atom. The Balaban J connectivity index is 1.40. The molecule has 7 rings (SSSR count). The Morgan fingerprint density at radius 1 is 0.611 bits per heavy atom. The summed E-state index contributed by atoms with van der Waals surface area (Å²) in [4.78, 5) is 13.0. The van der Waals surface area contributed by atoms with Crippen LogP contribution in [-0.2, 0) is 0 Å². The molecule has 0 amide bonds. The number of fused-ring (bicyclic) bond motifs is 4. The first-order valence-electron chi connectivity index (χ1n) is 14.6. The molecule has 0 radical (unpaired) electrons. The minimum absolute atomic E-state index is 0.0315. The molecule has 7 aromatic rings. The fourth-order valence-electron chi connectivity index (χ4n) is 4.20. The molecule has 2 heterocycles. The molecule has 5 heteroatoms. The number of furan rings is 1. The van der Waals surface area contributed by atoms with Crippen LogP contribution in [0.25, 0.3) is 66.6 Å². The van der Waals surface area contributed by atoms with Gasteiger partial charge in [-0.3, -0.25) is 0 Å². The van der Waals surface area contributed by atoms with Gasteiger partial charge in [-0.1, -0.05) is 72.7 Å². The van der Waals surface area contributed by atoms with E-state index in [1.165, 1.54) is 0 Å². The Labute approximate surface area is 221 Å². The van der Waals surface area contributed by atoms with Crippen LogP contribution in [0.15, 0.2) is 113 Å². The number of hydrogen-bond acceptors (Lipinski definition) is 4. The van der Waals surface area contributed by atoms with E-state index in [2.05, 4.69) is 21.0 Å². The Hall–Kier alpha value is -4.54. The van der Waals surface area contributed by atoms with Crippen molar-refractivity contribution in [3.05, 3.63) is 114 Å². The molecule has 0 atom stereocenters. The number of rotatable bonds is 3. The van der Waals surface area contributed by atoms with Gasteiger partial charge in [0, 0.05) is 21.9 Å². The minimum atomic E-state index is -0.500. The lowest BCUT2D eigenvalue weighted by molar-refractivity contribution is 0.669. The third-order valence-electron chi connectivity index (χ3n) is 5.92. The van der Waals surface area contributed by atoms with Crippen molar-refractivity contribution in [1.82, 2.24) is 15.0 Å². The van der Waals surface area contributed by atoms with Gasteiger partial charge < -0.3 is 4.42 Å². The van der Waals surface area contributed by atoms with E-state index in [1.54, 1.807) is 0 Å². The summed E-state index contributed by atoms with van der Waals surface area (Å²) in [5.74, 6) is 0.0866. The van der Waals surface area contributed by atoms with E-state index in [9.17, 15) is 0 Å². The van der Waals surface area contributed by atoms with Crippen molar-refractivity contribution in [1.29, 1.82) is 0 Å². The second kappa shape index (κ2) is 8.29. The van der Waals surface area contributed by atoms with Crippen LogP contribution >= 0.6 is 11.6 Å². The molecule has 0 spiro atoms. The van der Waals surface area contributed by atoms with Gasteiger partial charge in [-0.05, 0) is 69.8 Å². The highest BCUT2D eigenvalue weighted by Crippen LogP contribution is 2.33. The van der Waals surface area contributed by atoms with Gasteiger partial charge in [0.15, 0.2) is 11.6 Å². The fraction of sp³-hybridized carbons (Fsp3) is 0. The summed E-state index contributed by atoms with van der Waals surface area (Å²) in [6.45, 7) is 0. The van der Waals surface area contributed by atoms with Crippen LogP contribution in [0.3, 0.4) is 0 Å². The van der Waals surface area contributed by atoms with Crippen molar-refractivity contribution in [3.63, 3.8) is 0 Å². The van der Waals surface area contributed by atoms with E-state index in [4.69, 9.17) is 25.6 Å². The second-order valence-corrected chi connectivity index (χ2v) is 8.49. The quantitative estimate of drug-likeness (QED) is 0.249. The molecule has 5 aromatic carbocycles. The third-order valence-corrected chi connectivity index (χ3v) is 6.09. The summed E-state index contributed by atoms with van der Waals surface area (Å²) in [7, 11) is 0. The molecule has 2 aromatic heterocycles. The molecular weight excluding hydrogens is 466 g/mol. The summed E-state index contributed by atoms with van der Waals surface area (Å²) in [5.41, 5.74) is 2.29. The van der Waals surface area contributed by atoms with Crippen molar-refractivity contribution in [3.8, 4) is 33.9 Å². The first-order chi connectivity index (χ1) is 20.6. The van der Waals surface area contributed by atoms with Crippen LogP contribution in [0.2, 0.25) is 5.28 Å². The summed E-state index contributed by atoms with van der Waals surface area (Å²) >= 11 is 6.33. The predicted molar refractivity (Wildman–Crippen MR) is 146 cm³/mol. The molecule has 0 aliphatic rings. The zero-order valence-electron chi connectivity index (χ0n) is 25.5. The lowest BCUT2D eigenvalue weighted by Crippen LogP contribution is -1.97. The van der Waals surface area contributed by atoms with E-state index in [1.807, 2.05) is 60.7 Å². The van der Waals surface area contributed by atoms with Gasteiger partial charge >= 0.3 is 0 Å². The summed E-state index contributed by atoms with van der Waals surface area (Å²) in [6.07, 6.45) is 0. The summed E-state index contributed by atoms with van der Waals surface area (Å²) in [6, 6.07) is 18.9. The predicted octanol–water partition coefficient (Wildman–Crippen LogP) is 8.58. The summed E-state index contributed by atoms with van der Waals surface area (Å²) in [5, 5.41) is 1.69. The molecule has 0 N–H and O–H groups in total. The van der Waals surface area contributed by atoms with Crippen LogP contribution < -0.4 is 0 Å². The monoisotopic (exact) mass is 490 g/mol. The van der Waals surface area contributed by atoms with Crippen LogP contribution in [0, 0.1) is 0 Å². The van der Waals surface area contributed by atoms with Gasteiger partial charge in [0.05, 0.1) is 9.60 Å². The van der Waals surface area contributed by atoms with Crippen LogP contribution in [0.1, 0.15) is 9.60 Å². The SMILES string of the molecule is [2H]c1c([2H])c([2H])c2c(oc3c([2H])c([2H])c(-c4nc(Cl)nc(-c5ccc6cc(-c7ccccc7)ccc6c5)n4)c([2H])c32)c1[2H]. The van der Waals surface area contributed by atoms with Gasteiger partial charge in [0.1, 0.15) is 11.2 Å². The highest BCUT2D eigenvalue weighted by atomic mass is 35.5. The molecule has 36 heavy (non-hydrogen) atoms. The van der Waals surface area contributed by atoms with Crippen molar-refractivity contribution < 1.29 is 14.0 Å². The van der Waals surface area contributed by atoms with E-state index >= 15 is 0 Å². The van der Waals surface area contributed by atoms with E-state index in [-0.39, 0.29) is 50.5 Å². The number of benzene rings is 5. The number of nitrogens with zero attached hydrogens (tertiary/aromatic N) is 3. The topological polar surface area (TPSA) is 51.8 Å². The van der Waals surface area contributed by atoms with Gasteiger partial charge in [-0.2, -0.15) is 9.97 Å². The van der Waals surface area contributed by atoms with E-state index < -0.39 is 36.3 Å². The average Bonchev–Trinajstić information content (AvgIpc) is 3.43. The zero-order valence-corrected chi connectivity index (χ0v) is 19.2. The van der Waals surface area contributed by atoms with Crippen LogP contribution in [0.5, 0.6) is 0 Å². The molecule has 4 nitrogen and oxygen atoms in total. The number of para-hydroxylation sites is 1. The first kappa shape index (κ1) is 14.8. The lowest BCUT2D eigenvalue weighted by Gasteiger charge is -2.08. The maximum atomic E-state index is 8.99. The Bertz CT molecular complexity index is 2290. The van der Waals surface area contributed by atoms with Crippen molar-refractivity contribution in [2.24, 2.45) is 0 Å². The van der Waals surface area contributed by atoms with E-state index in [0.29, 0.717) is 5.56 Å². The molecular formula is C31H18ClN3O. The number of halogens is 1. The normalized spacial score (nSPS) is 14.2. The molecule has 0 bridgehead atoms. The number of hydrogen-bond donors (Lipinski definition) is 0. The van der Waals surface area contributed by atoms with Crippen LogP contribution in [0.4, 0.5) is 0 Å². The molecule has 0 aliphatic heterocycles. The van der Waals surface area contributed by atoms with Crippen molar-refractivity contribution >= 4 is 44.3 Å². The standard InChI is InChI=1S/C31H18ClN3O/c32-31-34-29(23-13-12-21-16-20(10-11-22(21)17-23)19-6-2-1-3-7-19)33-30(35-31)24-14-15-28-26(18-24)25-8-4-5-9-27(25)36-28/h1-18H/i4D,5D,8D,9D,14D,15D,18D. The van der Waals surface area contributed by atoms with Crippen molar-refractivity contribution in [2.75, 3.05) is 0 Å². The lowest BCUT2D eigenvalue weighted by atomic mass is 10.00. The highest BCUT2D eigenvalue weighted by Gasteiger charge is 2.13. The minimum Gasteiger partial charge on any atom is -0.456 e. The molecule has 0 saturated carbocycles. The van der Waals surface area contributed by atoms with Gasteiger partial charge in [0.25, 0.3) is 0 Å². The summed E-state index contributed by atoms with van der Waals surface area (Å²) < 4.78 is 64.7. The van der Waals surface area contributed by atoms with E-state index in [0.717, 1.165) is 21.9 Å². The number of aromatic nitrogens is 3. The fourth-order valence-corrected chi connectivity index (χ4v) is 4.36. The molecule has 0 saturated heterocycles. The maximum Gasteiger partial charge on any atom is 0.226 e. The average molecular weight is 491 g/mol. The molecule has 0 fully saturated rings. The molecule has 170 valence electrons. The maximum absolute atomic E-state index is 8.99. The second-order valence-electron chi connectivity index (χ2n) is 8.15. The first-order valence-corrected chi connectivity index (χ1v) is 11.5. The largest absolute Gasteiger partial charge is 0.456 e. The van der Waals surface area contributed by atoms with Crippen molar-refractivity contribution in [2.45, 2.75) is 0 Å². The highest BCUT2D eigenvalue weighted by molar-refractivity contribution is 6.28. The van der Waals surface area contributed by atoms with Gasteiger partial charge in [-0.15, -0.1) is 0 Å². The zero-order chi connectivity index (χ0) is 30.2. The Kier molecular flexibility index (Phi) is 3.40. The van der Waals surface area contributed by atoms with Crippen LogP contribution in [-0.4, -0.2) is 15.0 Å². The third kappa shape index (κ3) is 3.60.